The molecule has 1 heterocycles. The van der Waals surface area contributed by atoms with Crippen molar-refractivity contribution in [2.24, 2.45) is 5.92 Å². The van der Waals surface area contributed by atoms with Crippen molar-refractivity contribution in [2.45, 2.75) is 43.0 Å². The van der Waals surface area contributed by atoms with Gasteiger partial charge in [-0.1, -0.05) is 11.8 Å². The van der Waals surface area contributed by atoms with Crippen molar-refractivity contribution in [3.63, 3.8) is 0 Å². The van der Waals surface area contributed by atoms with Gasteiger partial charge in [-0.15, -0.1) is 11.3 Å². The summed E-state index contributed by atoms with van der Waals surface area (Å²) in [4.78, 5) is 16.4. The van der Waals surface area contributed by atoms with Crippen LogP contribution in [0.15, 0.2) is 18.2 Å². The van der Waals surface area contributed by atoms with E-state index < -0.39 is 26.1 Å². The lowest BCUT2D eigenvalue weighted by atomic mass is 9.72. The number of hydrogen-bond acceptors (Lipinski definition) is 8. The van der Waals surface area contributed by atoms with Crippen molar-refractivity contribution in [2.75, 3.05) is 12.9 Å². The number of benzene rings is 1. The number of aryl methyl sites for hydroxylation is 1. The predicted octanol–water partition coefficient (Wildman–Crippen LogP) is 1.03. The van der Waals surface area contributed by atoms with Crippen molar-refractivity contribution in [1.29, 1.82) is 0 Å². The van der Waals surface area contributed by atoms with E-state index in [1.54, 1.807) is 12.1 Å². The molecular formula is C22H24N2O6S2. The zero-order valence-corrected chi connectivity index (χ0v) is 19.3. The molecule has 0 bridgehead atoms. The molecule has 10 heteroatoms. The number of aromatic nitrogens is 1. The van der Waals surface area contributed by atoms with Crippen LogP contribution in [0.4, 0.5) is 0 Å². The highest BCUT2D eigenvalue weighted by Gasteiger charge is 2.43. The average molecular weight is 477 g/mol. The first kappa shape index (κ1) is 24.2. The van der Waals surface area contributed by atoms with Crippen LogP contribution in [0.3, 0.4) is 0 Å². The zero-order valence-electron chi connectivity index (χ0n) is 17.7. The van der Waals surface area contributed by atoms with E-state index in [1.807, 2.05) is 6.07 Å². The van der Waals surface area contributed by atoms with Gasteiger partial charge in [0.1, 0.15) is 10.3 Å². The first-order valence-electron chi connectivity index (χ1n) is 9.90. The third-order valence-electron chi connectivity index (χ3n) is 5.72. The lowest BCUT2D eigenvalue weighted by Gasteiger charge is -2.38. The maximum absolute atomic E-state index is 12.1. The zero-order chi connectivity index (χ0) is 23.6. The van der Waals surface area contributed by atoms with Crippen LogP contribution >= 0.6 is 11.3 Å². The molecule has 1 saturated carbocycles. The molecule has 0 aliphatic heterocycles. The van der Waals surface area contributed by atoms with E-state index in [0.29, 0.717) is 17.8 Å². The lowest BCUT2D eigenvalue weighted by molar-refractivity contribution is -0.131. The first-order chi connectivity index (χ1) is 15.0. The summed E-state index contributed by atoms with van der Waals surface area (Å²) < 4.78 is 23.3. The number of aliphatic hydroxyl groups is 2. The molecule has 8 nitrogen and oxygen atoms in total. The summed E-state index contributed by atoms with van der Waals surface area (Å²) >= 11 is 1.37. The first-order valence-corrected chi connectivity index (χ1v) is 12.6. The topological polar surface area (TPSA) is 137 Å². The summed E-state index contributed by atoms with van der Waals surface area (Å²) in [6.07, 6.45) is 2.08. The van der Waals surface area contributed by atoms with E-state index in [9.17, 15) is 18.3 Å². The third kappa shape index (κ3) is 5.12. The molecule has 0 spiro atoms. The number of carbonyl (C=O) groups is 1. The summed E-state index contributed by atoms with van der Waals surface area (Å²) in [6.45, 7) is 1.33. The Morgan fingerprint density at radius 3 is 2.72 bits per heavy atom. The molecule has 2 aromatic rings. The molecule has 170 valence electrons. The van der Waals surface area contributed by atoms with Crippen LogP contribution in [0.25, 0.3) is 10.2 Å². The molecule has 32 heavy (non-hydrogen) atoms. The number of nitrogens with zero attached hydrogens (tertiary/aromatic N) is 1. The van der Waals surface area contributed by atoms with Gasteiger partial charge in [0.15, 0.2) is 9.84 Å². The minimum absolute atomic E-state index is 0.0274. The molecule has 4 N–H and O–H groups in total. The van der Waals surface area contributed by atoms with Gasteiger partial charge in [0.05, 0.1) is 15.2 Å². The summed E-state index contributed by atoms with van der Waals surface area (Å²) in [5.41, 5.74) is 1.83. The highest BCUT2D eigenvalue weighted by atomic mass is 32.2. The third-order valence-corrected chi connectivity index (χ3v) is 8.83. The van der Waals surface area contributed by atoms with E-state index in [-0.39, 0.29) is 25.4 Å². The Bertz CT molecular complexity index is 1260. The second-order valence-corrected chi connectivity index (χ2v) is 11.8. The maximum atomic E-state index is 12.1. The fourth-order valence-corrected chi connectivity index (χ4v) is 5.33. The van der Waals surface area contributed by atoms with E-state index >= 15 is 0 Å². The Balaban J connectivity index is 1.72. The Hall–Kier alpha value is -2.47. The van der Waals surface area contributed by atoms with Gasteiger partial charge in [-0.25, -0.2) is 18.9 Å². The Morgan fingerprint density at radius 2 is 2.09 bits per heavy atom. The Labute approximate surface area is 190 Å². The minimum Gasteiger partial charge on any atom is -0.396 e. The van der Waals surface area contributed by atoms with Crippen LogP contribution in [0.5, 0.6) is 0 Å². The maximum Gasteiger partial charge on any atom is 0.264 e. The fourth-order valence-electron chi connectivity index (χ4n) is 3.47. The molecule has 0 saturated heterocycles. The Morgan fingerprint density at radius 1 is 1.38 bits per heavy atom. The van der Waals surface area contributed by atoms with Gasteiger partial charge in [0.25, 0.3) is 5.91 Å². The molecule has 1 aliphatic rings. The van der Waals surface area contributed by atoms with E-state index in [0.717, 1.165) is 22.0 Å². The van der Waals surface area contributed by atoms with Gasteiger partial charge < -0.3 is 10.2 Å². The number of aliphatic hydroxyl groups excluding tert-OH is 1. The van der Waals surface area contributed by atoms with Crippen LogP contribution in [-0.4, -0.2) is 57.9 Å². The minimum atomic E-state index is -3.77. The van der Waals surface area contributed by atoms with Crippen LogP contribution in [0.1, 0.15) is 36.8 Å². The normalized spacial score (nSPS) is 22.0. The monoisotopic (exact) mass is 476 g/mol. The van der Waals surface area contributed by atoms with Gasteiger partial charge in [-0.3, -0.25) is 10.0 Å². The van der Waals surface area contributed by atoms with E-state index in [1.165, 1.54) is 23.7 Å². The van der Waals surface area contributed by atoms with E-state index in [2.05, 4.69) is 28.7 Å². The number of hydrogen-bond donors (Lipinski definition) is 4. The van der Waals surface area contributed by atoms with Gasteiger partial charge >= 0.3 is 0 Å². The second-order valence-electron chi connectivity index (χ2n) is 8.22. The van der Waals surface area contributed by atoms with Gasteiger partial charge in [0.2, 0.25) is 0 Å². The van der Waals surface area contributed by atoms with Gasteiger partial charge in [-0.05, 0) is 62.1 Å². The molecule has 1 fully saturated rings. The number of nitrogens with one attached hydrogen (secondary N) is 1. The summed E-state index contributed by atoms with van der Waals surface area (Å²) in [6, 6.07) is 5.44. The molecule has 1 aromatic carbocycles. The number of amides is 1. The van der Waals surface area contributed by atoms with Crippen molar-refractivity contribution in [3.8, 4) is 23.7 Å². The summed E-state index contributed by atoms with van der Waals surface area (Å²) in [7, 11) is -3.77. The van der Waals surface area contributed by atoms with Crippen molar-refractivity contribution in [3.05, 3.63) is 28.8 Å². The number of sulfone groups is 1. The number of carbonyl (C=O) groups excluding carboxylic acids is 1. The van der Waals surface area contributed by atoms with Crippen molar-refractivity contribution >= 4 is 37.3 Å². The summed E-state index contributed by atoms with van der Waals surface area (Å²) in [5, 5.41) is 28.7. The highest BCUT2D eigenvalue weighted by Crippen LogP contribution is 2.36. The quantitative estimate of drug-likeness (QED) is 0.278. The second kappa shape index (κ2) is 9.18. The number of hydroxylamine groups is 1. The van der Waals surface area contributed by atoms with Crippen molar-refractivity contribution < 1.29 is 28.6 Å². The Kier molecular flexibility index (Phi) is 6.94. The van der Waals surface area contributed by atoms with E-state index in [4.69, 9.17) is 10.3 Å². The largest absolute Gasteiger partial charge is 0.396 e. The molecule has 1 aliphatic carbocycles. The fraction of sp³-hybridized carbons (Fsp3) is 0.455. The summed E-state index contributed by atoms with van der Waals surface area (Å²) in [5.74, 6) is 10.2. The van der Waals surface area contributed by atoms with Crippen LogP contribution in [0.2, 0.25) is 0 Å². The average Bonchev–Trinajstić information content (AvgIpc) is 3.13. The SMILES string of the molecule is C[C@@](CCc1nc2ccc(C#CC#C[C@]3(O)C[C@@H](CO)C3)cc2s1)(C(=O)NO)S(C)(=O)=O. The molecule has 3 rings (SSSR count). The molecule has 0 radical (unpaired) electrons. The standard InChI is InChI=1S/C22H24N2O6S2/c1-21(20(26)24-28,32(2,29)30)10-8-19-23-17-7-6-15(11-18(17)31-19)5-3-4-9-22(27)12-16(13-22)14-25/h6-7,11,16,25,27-28H,8,10,12-14H2,1-2H3,(H,24,26)/t16-,21-,22+/m1/s1. The van der Waals surface area contributed by atoms with Crippen molar-refractivity contribution in [1.82, 2.24) is 10.5 Å². The van der Waals surface area contributed by atoms with Gasteiger partial charge in [-0.2, -0.15) is 0 Å². The molecule has 0 unspecified atom stereocenters. The molecule has 1 atom stereocenters. The molecule has 1 aromatic heterocycles. The smallest absolute Gasteiger partial charge is 0.264 e. The number of thiazole rings is 1. The van der Waals surface area contributed by atoms with Crippen LogP contribution in [0, 0.1) is 29.6 Å². The molecular weight excluding hydrogens is 452 g/mol. The lowest BCUT2D eigenvalue weighted by Crippen LogP contribution is -2.49. The number of fused-ring (bicyclic) bond motifs is 1. The van der Waals surface area contributed by atoms with Crippen LogP contribution in [-0.2, 0) is 21.1 Å². The highest BCUT2D eigenvalue weighted by molar-refractivity contribution is 7.92. The molecule has 1 amide bonds. The van der Waals surface area contributed by atoms with Crippen LogP contribution < -0.4 is 5.48 Å². The van der Waals surface area contributed by atoms with Gasteiger partial charge in [0, 0.05) is 24.8 Å². The number of rotatable bonds is 6. The predicted molar refractivity (Wildman–Crippen MR) is 121 cm³/mol.